The number of anilines is 1. The molecule has 1 aliphatic rings. The van der Waals surface area contributed by atoms with Crippen molar-refractivity contribution in [3.63, 3.8) is 0 Å². The summed E-state index contributed by atoms with van der Waals surface area (Å²) in [5.41, 5.74) is 4.31. The lowest BCUT2D eigenvalue weighted by Gasteiger charge is -2.48. The fourth-order valence-corrected chi connectivity index (χ4v) is 3.66. The van der Waals surface area contributed by atoms with E-state index in [4.69, 9.17) is 0 Å². The Morgan fingerprint density at radius 2 is 1.76 bits per heavy atom. The van der Waals surface area contributed by atoms with Gasteiger partial charge in [-0.1, -0.05) is 36.7 Å². The summed E-state index contributed by atoms with van der Waals surface area (Å²) in [6.45, 7) is 13.5. The van der Waals surface area contributed by atoms with E-state index < -0.39 is 0 Å². The van der Waals surface area contributed by atoms with E-state index in [1.807, 2.05) is 0 Å². The van der Waals surface area contributed by atoms with Crippen LogP contribution in [-0.2, 0) is 0 Å². The molecule has 0 saturated carbocycles. The largest absolute Gasteiger partial charge is 0.365 e. The van der Waals surface area contributed by atoms with E-state index in [-0.39, 0.29) is 5.54 Å². The van der Waals surface area contributed by atoms with Crippen LogP contribution in [0.3, 0.4) is 0 Å². The van der Waals surface area contributed by atoms with Crippen LogP contribution in [0.2, 0.25) is 0 Å². The summed E-state index contributed by atoms with van der Waals surface area (Å²) >= 11 is 3.69. The average Bonchev–Trinajstić information content (AvgIpc) is 2.51. The van der Waals surface area contributed by atoms with E-state index in [9.17, 15) is 0 Å². The third-order valence-electron chi connectivity index (χ3n) is 5.20. The van der Waals surface area contributed by atoms with E-state index in [1.54, 1.807) is 0 Å². The van der Waals surface area contributed by atoms with Gasteiger partial charge in [-0.2, -0.15) is 0 Å². The van der Waals surface area contributed by atoms with Crippen molar-refractivity contribution in [2.45, 2.75) is 65.5 Å². The maximum atomic E-state index is 3.82. The SMILES string of the molecule is CCC1CNC(CC)(CC)CN1c1cc(C)c(Br)c(C)c1. The molecule has 21 heavy (non-hydrogen) atoms. The molecule has 0 bridgehead atoms. The van der Waals surface area contributed by atoms with Crippen molar-refractivity contribution in [2.24, 2.45) is 0 Å². The van der Waals surface area contributed by atoms with Crippen molar-refractivity contribution in [1.29, 1.82) is 0 Å². The number of nitrogens with one attached hydrogen (secondary N) is 1. The van der Waals surface area contributed by atoms with Crippen LogP contribution in [0.1, 0.15) is 51.2 Å². The Kier molecular flexibility index (Phi) is 5.37. The summed E-state index contributed by atoms with van der Waals surface area (Å²) in [5.74, 6) is 0. The molecular weight excluding hydrogens is 324 g/mol. The molecule has 3 heteroatoms. The van der Waals surface area contributed by atoms with Gasteiger partial charge in [0.05, 0.1) is 0 Å². The third-order valence-corrected chi connectivity index (χ3v) is 6.45. The van der Waals surface area contributed by atoms with Gasteiger partial charge in [-0.3, -0.25) is 0 Å². The predicted molar refractivity (Wildman–Crippen MR) is 96.4 cm³/mol. The van der Waals surface area contributed by atoms with Crippen LogP contribution in [0.25, 0.3) is 0 Å². The Morgan fingerprint density at radius 3 is 2.24 bits per heavy atom. The number of halogens is 1. The van der Waals surface area contributed by atoms with Gasteiger partial charge in [-0.25, -0.2) is 0 Å². The van der Waals surface area contributed by atoms with Crippen LogP contribution in [-0.4, -0.2) is 24.7 Å². The maximum Gasteiger partial charge on any atom is 0.0412 e. The van der Waals surface area contributed by atoms with Gasteiger partial charge in [0, 0.05) is 34.8 Å². The van der Waals surface area contributed by atoms with Gasteiger partial charge in [0.1, 0.15) is 0 Å². The molecule has 0 aliphatic carbocycles. The quantitative estimate of drug-likeness (QED) is 0.835. The van der Waals surface area contributed by atoms with Crippen molar-refractivity contribution in [3.8, 4) is 0 Å². The lowest BCUT2D eigenvalue weighted by molar-refractivity contribution is 0.246. The smallest absolute Gasteiger partial charge is 0.0412 e. The first-order chi connectivity index (χ1) is 9.96. The number of rotatable bonds is 4. The van der Waals surface area contributed by atoms with Gasteiger partial charge in [0.15, 0.2) is 0 Å². The second-order valence-electron chi connectivity index (χ2n) is 6.45. The molecular formula is C18H29BrN2. The Morgan fingerprint density at radius 1 is 1.19 bits per heavy atom. The first-order valence-electron chi connectivity index (χ1n) is 8.24. The highest BCUT2D eigenvalue weighted by Gasteiger charge is 2.36. The van der Waals surface area contributed by atoms with Gasteiger partial charge >= 0.3 is 0 Å². The first kappa shape index (κ1) is 16.8. The number of hydrogen-bond donors (Lipinski definition) is 1. The predicted octanol–water partition coefficient (Wildman–Crippen LogP) is 4.81. The molecule has 1 aromatic carbocycles. The van der Waals surface area contributed by atoms with E-state index in [0.29, 0.717) is 6.04 Å². The molecule has 1 aromatic rings. The van der Waals surface area contributed by atoms with Gasteiger partial charge < -0.3 is 10.2 Å². The summed E-state index contributed by atoms with van der Waals surface area (Å²) in [7, 11) is 0. The van der Waals surface area contributed by atoms with Crippen molar-refractivity contribution in [2.75, 3.05) is 18.0 Å². The molecule has 1 atom stereocenters. The minimum atomic E-state index is 0.264. The number of aryl methyl sites for hydroxylation is 2. The van der Waals surface area contributed by atoms with Crippen molar-refractivity contribution >= 4 is 21.6 Å². The first-order valence-corrected chi connectivity index (χ1v) is 9.04. The van der Waals surface area contributed by atoms with Crippen LogP contribution < -0.4 is 10.2 Å². The van der Waals surface area contributed by atoms with E-state index in [0.717, 1.165) is 13.1 Å². The highest BCUT2D eigenvalue weighted by molar-refractivity contribution is 9.10. The number of benzene rings is 1. The summed E-state index contributed by atoms with van der Waals surface area (Å²) in [6.07, 6.45) is 3.56. The number of piperazine rings is 1. The second-order valence-corrected chi connectivity index (χ2v) is 7.24. The second kappa shape index (κ2) is 6.70. The Hall–Kier alpha value is -0.540. The van der Waals surface area contributed by atoms with E-state index >= 15 is 0 Å². The van der Waals surface area contributed by atoms with Gasteiger partial charge in [-0.15, -0.1) is 0 Å². The third kappa shape index (κ3) is 3.29. The average molecular weight is 353 g/mol. The van der Waals surface area contributed by atoms with Gasteiger partial charge in [-0.05, 0) is 56.4 Å². The number of nitrogens with zero attached hydrogens (tertiary/aromatic N) is 1. The molecule has 1 aliphatic heterocycles. The molecule has 0 aromatic heterocycles. The summed E-state index contributed by atoms with van der Waals surface area (Å²) in [5, 5.41) is 3.82. The monoisotopic (exact) mass is 352 g/mol. The van der Waals surface area contributed by atoms with E-state index in [2.05, 4.69) is 72.9 Å². The minimum Gasteiger partial charge on any atom is -0.365 e. The van der Waals surface area contributed by atoms with Crippen LogP contribution in [0, 0.1) is 13.8 Å². The van der Waals surface area contributed by atoms with Crippen LogP contribution >= 0.6 is 15.9 Å². The minimum absolute atomic E-state index is 0.264. The molecule has 0 radical (unpaired) electrons. The normalized spacial score (nSPS) is 21.6. The summed E-state index contributed by atoms with van der Waals surface area (Å²) < 4.78 is 1.24. The number of hydrogen-bond acceptors (Lipinski definition) is 2. The van der Waals surface area contributed by atoms with Crippen molar-refractivity contribution in [3.05, 3.63) is 27.7 Å². The molecule has 0 spiro atoms. The summed E-state index contributed by atoms with van der Waals surface area (Å²) in [6, 6.07) is 5.26. The molecule has 1 N–H and O–H groups in total. The zero-order valence-corrected chi connectivity index (χ0v) is 15.7. The molecule has 1 saturated heterocycles. The van der Waals surface area contributed by atoms with Crippen molar-refractivity contribution < 1.29 is 0 Å². The maximum absolute atomic E-state index is 3.82. The standard InChI is InChI=1S/C18H29BrN2/c1-6-15-11-20-18(7-2,8-3)12-21(15)16-9-13(4)17(19)14(5)10-16/h9-10,15,20H,6-8,11-12H2,1-5H3. The molecule has 2 nitrogen and oxygen atoms in total. The van der Waals surface area contributed by atoms with Crippen LogP contribution in [0.4, 0.5) is 5.69 Å². The Labute approximate surface area is 138 Å². The molecule has 118 valence electrons. The lowest BCUT2D eigenvalue weighted by Crippen LogP contribution is -2.64. The lowest BCUT2D eigenvalue weighted by atomic mass is 9.87. The molecule has 1 fully saturated rings. The zero-order chi connectivity index (χ0) is 15.6. The fourth-order valence-electron chi connectivity index (χ4n) is 3.43. The topological polar surface area (TPSA) is 15.3 Å². The molecule has 2 rings (SSSR count). The highest BCUT2D eigenvalue weighted by atomic mass is 79.9. The Balaban J connectivity index is 2.37. The molecule has 1 heterocycles. The fraction of sp³-hybridized carbons (Fsp3) is 0.667. The van der Waals surface area contributed by atoms with Gasteiger partial charge in [0.2, 0.25) is 0 Å². The molecule has 0 amide bonds. The van der Waals surface area contributed by atoms with Crippen LogP contribution in [0.5, 0.6) is 0 Å². The van der Waals surface area contributed by atoms with Crippen molar-refractivity contribution in [1.82, 2.24) is 5.32 Å². The Bertz CT molecular complexity index is 471. The van der Waals surface area contributed by atoms with Gasteiger partial charge in [0.25, 0.3) is 0 Å². The zero-order valence-electron chi connectivity index (χ0n) is 14.1. The highest BCUT2D eigenvalue weighted by Crippen LogP contribution is 2.32. The van der Waals surface area contributed by atoms with Crippen LogP contribution in [0.15, 0.2) is 16.6 Å². The molecule has 1 unspecified atom stereocenters. The summed E-state index contributed by atoms with van der Waals surface area (Å²) in [4.78, 5) is 2.63. The van der Waals surface area contributed by atoms with E-state index in [1.165, 1.54) is 40.5 Å².